The van der Waals surface area contributed by atoms with Crippen molar-refractivity contribution in [2.45, 2.75) is 13.3 Å². The molecule has 4 heteroatoms. The maximum Gasteiger partial charge on any atom is 0.278 e. The molecule has 4 nitrogen and oxygen atoms in total. The fourth-order valence-electron chi connectivity index (χ4n) is 3.43. The first kappa shape index (κ1) is 18.7. The smallest absolute Gasteiger partial charge is 0.278 e. The number of rotatable bonds is 6. The van der Waals surface area contributed by atoms with E-state index in [9.17, 15) is 9.59 Å². The minimum Gasteiger partial charge on any atom is -0.350 e. The van der Waals surface area contributed by atoms with Crippen molar-refractivity contribution in [3.8, 4) is 0 Å². The number of carbonyl (C=O) groups is 2. The molecule has 1 heterocycles. The van der Waals surface area contributed by atoms with Crippen LogP contribution in [0.15, 0.2) is 90.6 Å². The third-order valence-electron chi connectivity index (χ3n) is 5.02. The number of nitrogens with zero attached hydrogens (tertiary/aromatic N) is 1. The van der Waals surface area contributed by atoms with Gasteiger partial charge in [0.15, 0.2) is 0 Å². The number of nitrogens with one attached hydrogen (secondary N) is 1. The molecular weight excluding hydrogens is 360 g/mol. The minimum absolute atomic E-state index is 0.256. The summed E-state index contributed by atoms with van der Waals surface area (Å²) in [4.78, 5) is 27.7. The Kier molecular flexibility index (Phi) is 5.25. The average molecular weight is 382 g/mol. The van der Waals surface area contributed by atoms with Crippen molar-refractivity contribution in [2.75, 3.05) is 11.9 Å². The summed E-state index contributed by atoms with van der Waals surface area (Å²) in [5.41, 5.74) is 4.47. The second kappa shape index (κ2) is 8.15. The molecule has 3 aromatic rings. The molecule has 29 heavy (non-hydrogen) atoms. The molecule has 1 aliphatic rings. The van der Waals surface area contributed by atoms with Gasteiger partial charge in [0.25, 0.3) is 11.8 Å². The summed E-state index contributed by atoms with van der Waals surface area (Å²) in [6.07, 6.45) is 0.623. The molecule has 0 spiro atoms. The molecule has 1 N–H and O–H groups in total. The van der Waals surface area contributed by atoms with Crippen LogP contribution >= 0.6 is 0 Å². The monoisotopic (exact) mass is 382 g/mol. The van der Waals surface area contributed by atoms with Gasteiger partial charge in [0.1, 0.15) is 5.70 Å². The third kappa shape index (κ3) is 3.97. The van der Waals surface area contributed by atoms with E-state index in [1.54, 1.807) is 0 Å². The van der Waals surface area contributed by atoms with Gasteiger partial charge in [-0.15, -0.1) is 0 Å². The van der Waals surface area contributed by atoms with Gasteiger partial charge in [0.2, 0.25) is 0 Å². The van der Waals surface area contributed by atoms with Crippen molar-refractivity contribution in [2.24, 2.45) is 0 Å². The molecule has 4 rings (SSSR count). The number of para-hydroxylation sites is 1. The standard InChI is InChI=1S/C25H22N2O2/c1-18-12-14-20(15-13-18)22-23(26-21-10-6-3-7-11-21)25(29)27(24(22)28)17-16-19-8-4-2-5-9-19/h2-15,26H,16-17H2,1H3. The van der Waals surface area contributed by atoms with Gasteiger partial charge in [-0.25, -0.2) is 0 Å². The van der Waals surface area contributed by atoms with Gasteiger partial charge in [-0.3, -0.25) is 14.5 Å². The molecule has 144 valence electrons. The van der Waals surface area contributed by atoms with Gasteiger partial charge in [0, 0.05) is 12.2 Å². The number of imide groups is 1. The van der Waals surface area contributed by atoms with E-state index in [1.807, 2.05) is 91.9 Å². The van der Waals surface area contributed by atoms with Crippen LogP contribution in [0.1, 0.15) is 16.7 Å². The zero-order chi connectivity index (χ0) is 20.2. The normalized spacial score (nSPS) is 13.9. The lowest BCUT2D eigenvalue weighted by Gasteiger charge is -2.15. The lowest BCUT2D eigenvalue weighted by molar-refractivity contribution is -0.136. The molecule has 0 aliphatic carbocycles. The van der Waals surface area contributed by atoms with Crippen molar-refractivity contribution in [3.63, 3.8) is 0 Å². The summed E-state index contributed by atoms with van der Waals surface area (Å²) >= 11 is 0. The van der Waals surface area contributed by atoms with Gasteiger partial charge in [-0.05, 0) is 36.6 Å². The van der Waals surface area contributed by atoms with Crippen LogP contribution in [0.2, 0.25) is 0 Å². The highest BCUT2D eigenvalue weighted by Crippen LogP contribution is 2.30. The van der Waals surface area contributed by atoms with Gasteiger partial charge in [0.05, 0.1) is 5.57 Å². The van der Waals surface area contributed by atoms with Crippen molar-refractivity contribution < 1.29 is 9.59 Å². The first-order valence-electron chi connectivity index (χ1n) is 9.67. The lowest BCUT2D eigenvalue weighted by atomic mass is 10.0. The highest BCUT2D eigenvalue weighted by Gasteiger charge is 2.38. The SMILES string of the molecule is Cc1ccc(C2=C(Nc3ccccc3)C(=O)N(CCc3ccccc3)C2=O)cc1. The van der Waals surface area contributed by atoms with E-state index >= 15 is 0 Å². The largest absolute Gasteiger partial charge is 0.350 e. The number of carbonyl (C=O) groups excluding carboxylic acids is 2. The zero-order valence-electron chi connectivity index (χ0n) is 16.3. The molecule has 0 aromatic heterocycles. The van der Waals surface area contributed by atoms with Crippen LogP contribution in [0.25, 0.3) is 5.57 Å². The summed E-state index contributed by atoms with van der Waals surface area (Å²) in [7, 11) is 0. The Labute approximate surface area is 170 Å². The van der Waals surface area contributed by atoms with Crippen molar-refractivity contribution in [1.82, 2.24) is 4.90 Å². The van der Waals surface area contributed by atoms with E-state index in [2.05, 4.69) is 5.32 Å². The second-order valence-electron chi connectivity index (χ2n) is 7.10. The van der Waals surface area contributed by atoms with E-state index in [0.717, 1.165) is 22.4 Å². The summed E-state index contributed by atoms with van der Waals surface area (Å²) in [5, 5.41) is 3.18. The molecule has 0 radical (unpaired) electrons. The second-order valence-corrected chi connectivity index (χ2v) is 7.10. The van der Waals surface area contributed by atoms with E-state index < -0.39 is 0 Å². The highest BCUT2D eigenvalue weighted by atomic mass is 16.2. The van der Waals surface area contributed by atoms with Crippen molar-refractivity contribution in [1.29, 1.82) is 0 Å². The number of amides is 2. The van der Waals surface area contributed by atoms with Crippen LogP contribution in [-0.2, 0) is 16.0 Å². The number of aryl methyl sites for hydroxylation is 1. The highest BCUT2D eigenvalue weighted by molar-refractivity contribution is 6.36. The van der Waals surface area contributed by atoms with Gasteiger partial charge in [-0.1, -0.05) is 78.4 Å². The summed E-state index contributed by atoms with van der Waals surface area (Å²) in [5.74, 6) is -0.543. The fraction of sp³-hybridized carbons (Fsp3) is 0.120. The van der Waals surface area contributed by atoms with E-state index in [-0.39, 0.29) is 11.8 Å². The topological polar surface area (TPSA) is 49.4 Å². The Balaban J connectivity index is 1.66. The quantitative estimate of drug-likeness (QED) is 0.642. The molecule has 3 aromatic carbocycles. The number of benzene rings is 3. The predicted molar refractivity (Wildman–Crippen MR) is 115 cm³/mol. The molecule has 0 atom stereocenters. The predicted octanol–water partition coefficient (Wildman–Crippen LogP) is 4.43. The van der Waals surface area contributed by atoms with Crippen LogP contribution in [0, 0.1) is 6.92 Å². The number of anilines is 1. The van der Waals surface area contributed by atoms with Crippen LogP contribution < -0.4 is 5.32 Å². The van der Waals surface area contributed by atoms with Gasteiger partial charge in [-0.2, -0.15) is 0 Å². The van der Waals surface area contributed by atoms with Gasteiger partial charge < -0.3 is 5.32 Å². The van der Waals surface area contributed by atoms with Gasteiger partial charge >= 0.3 is 0 Å². The molecule has 0 saturated heterocycles. The van der Waals surface area contributed by atoms with Crippen LogP contribution in [0.4, 0.5) is 5.69 Å². The fourth-order valence-corrected chi connectivity index (χ4v) is 3.43. The molecule has 0 bridgehead atoms. The molecule has 1 aliphatic heterocycles. The average Bonchev–Trinajstić information content (AvgIpc) is 2.98. The minimum atomic E-state index is -0.287. The Morgan fingerprint density at radius 3 is 2.03 bits per heavy atom. The molecule has 0 saturated carbocycles. The number of hydrogen-bond donors (Lipinski definition) is 1. The Morgan fingerprint density at radius 2 is 1.38 bits per heavy atom. The summed E-state index contributed by atoms with van der Waals surface area (Å²) < 4.78 is 0. The lowest BCUT2D eigenvalue weighted by Crippen LogP contribution is -2.34. The van der Waals surface area contributed by atoms with Crippen LogP contribution in [0.3, 0.4) is 0 Å². The van der Waals surface area contributed by atoms with Crippen LogP contribution in [0.5, 0.6) is 0 Å². The maximum absolute atomic E-state index is 13.2. The van der Waals surface area contributed by atoms with E-state index in [1.165, 1.54) is 4.90 Å². The third-order valence-corrected chi connectivity index (χ3v) is 5.02. The maximum atomic E-state index is 13.2. The van der Waals surface area contributed by atoms with Crippen molar-refractivity contribution >= 4 is 23.1 Å². The molecule has 0 unspecified atom stereocenters. The Hall–Kier alpha value is -3.66. The Bertz CT molecular complexity index is 1050. The van der Waals surface area contributed by atoms with E-state index in [0.29, 0.717) is 24.2 Å². The van der Waals surface area contributed by atoms with E-state index in [4.69, 9.17) is 0 Å². The van der Waals surface area contributed by atoms with Crippen LogP contribution in [-0.4, -0.2) is 23.3 Å². The first-order valence-corrected chi connectivity index (χ1v) is 9.67. The zero-order valence-corrected chi connectivity index (χ0v) is 16.3. The molecular formula is C25H22N2O2. The first-order chi connectivity index (χ1) is 14.1. The molecule has 0 fully saturated rings. The summed E-state index contributed by atoms with van der Waals surface area (Å²) in [6.45, 7) is 2.34. The summed E-state index contributed by atoms with van der Waals surface area (Å²) in [6, 6.07) is 27.0. The Morgan fingerprint density at radius 1 is 0.759 bits per heavy atom. The number of hydrogen-bond acceptors (Lipinski definition) is 3. The van der Waals surface area contributed by atoms with Crippen molar-refractivity contribution in [3.05, 3.63) is 107 Å². The molecule has 2 amide bonds.